The maximum atomic E-state index is 14.9. The number of nitrogens with zero attached hydrogens (tertiary/aromatic N) is 1. The van der Waals surface area contributed by atoms with Crippen molar-refractivity contribution in [1.29, 1.82) is 0 Å². The van der Waals surface area contributed by atoms with Crippen LogP contribution in [0.3, 0.4) is 0 Å². The van der Waals surface area contributed by atoms with Crippen LogP contribution in [-0.4, -0.2) is 4.92 Å². The quantitative estimate of drug-likeness (QED) is 0.0618. The van der Waals surface area contributed by atoms with Gasteiger partial charge in [-0.25, -0.2) is 0 Å². The van der Waals surface area contributed by atoms with Gasteiger partial charge in [0.2, 0.25) is 0 Å². The van der Waals surface area contributed by atoms with Gasteiger partial charge >= 0.3 is 0 Å². The summed E-state index contributed by atoms with van der Waals surface area (Å²) < 4.78 is 14.9. The van der Waals surface area contributed by atoms with Gasteiger partial charge < -0.3 is 4.57 Å². The second-order valence-electron chi connectivity index (χ2n) is 10.1. The zero-order valence-corrected chi connectivity index (χ0v) is 24.2. The Hall–Kier alpha value is -3.93. The molecule has 0 aromatic heterocycles. The lowest BCUT2D eigenvalue weighted by molar-refractivity contribution is -0.384. The molecule has 0 unspecified atom stereocenters. The Balaban J connectivity index is 1.90. The molecule has 0 amide bonds. The zero-order valence-electron chi connectivity index (χ0n) is 23.3. The highest BCUT2D eigenvalue weighted by molar-refractivity contribution is 7.78. The summed E-state index contributed by atoms with van der Waals surface area (Å²) in [6, 6.07) is 30.4. The molecule has 0 bridgehead atoms. The average Bonchev–Trinajstić information content (AvgIpc) is 2.99. The number of benzene rings is 4. The second kappa shape index (κ2) is 13.9. The van der Waals surface area contributed by atoms with Crippen LogP contribution in [0, 0.1) is 22.0 Å². The highest BCUT2D eigenvalue weighted by Crippen LogP contribution is 2.47. The van der Waals surface area contributed by atoms with Crippen molar-refractivity contribution in [2.45, 2.75) is 58.5 Å². The fourth-order valence-electron chi connectivity index (χ4n) is 4.90. The van der Waals surface area contributed by atoms with Crippen LogP contribution < -0.4 is 10.6 Å². The predicted octanol–water partition coefficient (Wildman–Crippen LogP) is 8.66. The molecule has 4 aromatic rings. The van der Waals surface area contributed by atoms with Gasteiger partial charge in [-0.3, -0.25) is 10.1 Å². The highest BCUT2D eigenvalue weighted by Gasteiger charge is 2.28. The Morgan fingerprint density at radius 1 is 0.800 bits per heavy atom. The van der Waals surface area contributed by atoms with E-state index in [0.717, 1.165) is 77.0 Å². The molecule has 0 radical (unpaired) electrons. The van der Waals surface area contributed by atoms with Crippen molar-refractivity contribution in [3.63, 3.8) is 0 Å². The lowest BCUT2D eigenvalue weighted by Gasteiger charge is -2.21. The van der Waals surface area contributed by atoms with Gasteiger partial charge in [0.15, 0.2) is 0 Å². The van der Waals surface area contributed by atoms with E-state index in [9.17, 15) is 14.7 Å². The van der Waals surface area contributed by atoms with Crippen molar-refractivity contribution < 1.29 is 9.49 Å². The van der Waals surface area contributed by atoms with Gasteiger partial charge in [-0.15, -0.1) is 0 Å². The van der Waals surface area contributed by atoms with Gasteiger partial charge in [-0.1, -0.05) is 105 Å². The van der Waals surface area contributed by atoms with E-state index in [2.05, 4.69) is 37.8 Å². The lowest BCUT2D eigenvalue weighted by atomic mass is 9.91. The third kappa shape index (κ3) is 6.98. The first-order valence-corrected chi connectivity index (χ1v) is 15.9. The minimum Gasteiger partial charge on any atom is -0.313 e. The number of unbranched alkanes of at least 4 members (excludes halogenated alkanes) is 3. The van der Waals surface area contributed by atoms with Crippen molar-refractivity contribution in [3.05, 3.63) is 124 Å². The van der Waals surface area contributed by atoms with E-state index in [-0.39, 0.29) is 10.6 Å². The van der Waals surface area contributed by atoms with Crippen molar-refractivity contribution in [2.24, 2.45) is 0 Å². The minimum absolute atomic E-state index is 0.0550. The summed E-state index contributed by atoms with van der Waals surface area (Å²) in [6.45, 7) is 4.33. The molecule has 0 aliphatic carbocycles. The van der Waals surface area contributed by atoms with Crippen molar-refractivity contribution in [1.82, 2.24) is 0 Å². The number of nitro groups is 1. The first-order valence-electron chi connectivity index (χ1n) is 14.1. The number of nitro benzene ring substituents is 1. The molecular formula is C35H36NO3P. The molecule has 40 heavy (non-hydrogen) atoms. The van der Waals surface area contributed by atoms with Crippen LogP contribution in [0.4, 0.5) is 5.69 Å². The third-order valence-corrected chi connectivity index (χ3v) is 10.2. The van der Waals surface area contributed by atoms with Gasteiger partial charge in [0.05, 0.1) is 4.92 Å². The van der Waals surface area contributed by atoms with Gasteiger partial charge in [-0.05, 0) is 59.7 Å². The summed E-state index contributed by atoms with van der Waals surface area (Å²) in [5.41, 5.74) is 4.96. The Labute approximate surface area is 238 Å². The maximum Gasteiger partial charge on any atom is 0.269 e. The van der Waals surface area contributed by atoms with E-state index in [1.54, 1.807) is 24.3 Å². The van der Waals surface area contributed by atoms with Crippen LogP contribution >= 0.6 is 7.14 Å². The van der Waals surface area contributed by atoms with Crippen LogP contribution in [-0.2, 0) is 17.1 Å². The normalized spacial score (nSPS) is 11.1. The summed E-state index contributed by atoms with van der Waals surface area (Å²) in [4.78, 5) is 10.9. The standard InChI is InChI=1S/C35H36NO3P/c1-3-5-7-14-20-34-30(15-6-4-2)25-28(26-35(34)29-21-23-31(24-22-29)36(37)38)27-40(39,32-16-10-8-11-17-32)33-18-12-9-13-19-33/h8-13,16-19,21-26H,3-7,15,27H2,1-2H3. The van der Waals surface area contributed by atoms with Crippen molar-refractivity contribution in [3.8, 4) is 23.0 Å². The lowest BCUT2D eigenvalue weighted by Crippen LogP contribution is -2.17. The molecule has 0 aliphatic heterocycles. The molecule has 0 saturated heterocycles. The van der Waals surface area contributed by atoms with Crippen LogP contribution in [0.2, 0.25) is 0 Å². The second-order valence-corrected chi connectivity index (χ2v) is 12.9. The predicted molar refractivity (Wildman–Crippen MR) is 167 cm³/mol. The largest absolute Gasteiger partial charge is 0.313 e. The molecule has 0 N–H and O–H groups in total. The molecule has 204 valence electrons. The summed E-state index contributed by atoms with van der Waals surface area (Å²) in [6.07, 6.45) is 6.25. The fraction of sp³-hybridized carbons (Fsp3) is 0.257. The molecular weight excluding hydrogens is 513 g/mol. The van der Waals surface area contributed by atoms with Gasteiger partial charge in [-0.2, -0.15) is 0 Å². The van der Waals surface area contributed by atoms with E-state index in [1.165, 1.54) is 0 Å². The summed E-state index contributed by atoms with van der Waals surface area (Å²) >= 11 is 0. The molecule has 0 spiro atoms. The van der Waals surface area contributed by atoms with E-state index >= 15 is 0 Å². The fourth-order valence-corrected chi connectivity index (χ4v) is 7.57. The number of hydrogen-bond acceptors (Lipinski definition) is 3. The first-order chi connectivity index (χ1) is 19.5. The van der Waals surface area contributed by atoms with Crippen LogP contribution in [0.1, 0.15) is 62.6 Å². The number of rotatable bonds is 11. The molecule has 5 heteroatoms. The molecule has 0 saturated carbocycles. The van der Waals surface area contributed by atoms with Crippen LogP contribution in [0.15, 0.2) is 97.1 Å². The molecule has 4 aromatic carbocycles. The molecule has 0 fully saturated rings. The summed E-state index contributed by atoms with van der Waals surface area (Å²) in [5, 5.41) is 13.0. The SMILES string of the molecule is CCCCC#Cc1c(CCCC)cc(CP(=O)(c2ccccc2)c2ccccc2)cc1-c1ccc([N+](=O)[O-])cc1. The van der Waals surface area contributed by atoms with Gasteiger partial charge in [0.1, 0.15) is 7.14 Å². The van der Waals surface area contributed by atoms with Gasteiger partial charge in [0.25, 0.3) is 5.69 Å². The molecule has 4 rings (SSSR count). The van der Waals surface area contributed by atoms with E-state index in [1.807, 2.05) is 60.7 Å². The van der Waals surface area contributed by atoms with Gasteiger partial charge in [0, 0.05) is 40.9 Å². The molecule has 0 atom stereocenters. The molecule has 0 heterocycles. The van der Waals surface area contributed by atoms with Crippen LogP contribution in [0.25, 0.3) is 11.1 Å². The highest BCUT2D eigenvalue weighted by atomic mass is 31.2. The number of non-ortho nitro benzene ring substituents is 1. The van der Waals surface area contributed by atoms with E-state index in [4.69, 9.17) is 0 Å². The Kier molecular flexibility index (Phi) is 10.1. The zero-order chi connectivity index (χ0) is 28.4. The number of aryl methyl sites for hydroxylation is 1. The molecule has 0 aliphatic rings. The van der Waals surface area contributed by atoms with Crippen LogP contribution in [0.5, 0.6) is 0 Å². The monoisotopic (exact) mass is 549 g/mol. The topological polar surface area (TPSA) is 60.2 Å². The van der Waals surface area contributed by atoms with Crippen molar-refractivity contribution >= 4 is 23.4 Å². The minimum atomic E-state index is -2.99. The first kappa shape index (κ1) is 29.1. The van der Waals surface area contributed by atoms with E-state index < -0.39 is 7.14 Å². The number of hydrogen-bond donors (Lipinski definition) is 0. The maximum absolute atomic E-state index is 14.9. The average molecular weight is 550 g/mol. The Morgan fingerprint density at radius 2 is 1.40 bits per heavy atom. The Morgan fingerprint density at radius 3 is 1.95 bits per heavy atom. The summed E-state index contributed by atoms with van der Waals surface area (Å²) in [7, 11) is -2.99. The van der Waals surface area contributed by atoms with Crippen molar-refractivity contribution in [2.75, 3.05) is 0 Å². The molecule has 4 nitrogen and oxygen atoms in total. The smallest absolute Gasteiger partial charge is 0.269 e. The Bertz CT molecular complexity index is 1490. The third-order valence-electron chi connectivity index (χ3n) is 7.09. The van der Waals surface area contributed by atoms with E-state index in [0.29, 0.717) is 6.16 Å². The summed E-state index contributed by atoms with van der Waals surface area (Å²) in [5.74, 6) is 6.83.